The van der Waals surface area contributed by atoms with Crippen molar-refractivity contribution in [1.82, 2.24) is 15.5 Å². The maximum atomic E-state index is 13.3. The molecule has 32 heavy (non-hydrogen) atoms. The summed E-state index contributed by atoms with van der Waals surface area (Å²) in [7, 11) is 0. The van der Waals surface area contributed by atoms with Crippen molar-refractivity contribution in [1.29, 1.82) is 0 Å². The van der Waals surface area contributed by atoms with Crippen LogP contribution in [0.2, 0.25) is 0 Å². The van der Waals surface area contributed by atoms with E-state index in [1.165, 1.54) is 24.0 Å². The van der Waals surface area contributed by atoms with Gasteiger partial charge in [-0.1, -0.05) is 25.5 Å². The van der Waals surface area contributed by atoms with Crippen LogP contribution in [0.15, 0.2) is 24.3 Å². The number of ether oxygens (including phenoxy) is 1. The number of hydrogen-bond donors (Lipinski definition) is 4. The molecular weight excluding hydrogens is 414 g/mol. The molecule has 0 bridgehead atoms. The fourth-order valence-electron chi connectivity index (χ4n) is 3.26. The first-order valence-electron chi connectivity index (χ1n) is 10.9. The second-order valence-electron chi connectivity index (χ2n) is 8.82. The lowest BCUT2D eigenvalue weighted by Gasteiger charge is -2.34. The van der Waals surface area contributed by atoms with Gasteiger partial charge in [0.25, 0.3) is 0 Å². The number of benzene rings is 1. The summed E-state index contributed by atoms with van der Waals surface area (Å²) in [5, 5.41) is 24.9. The first kappa shape index (κ1) is 27.2. The number of rotatable bonds is 10. The van der Waals surface area contributed by atoms with Crippen molar-refractivity contribution in [2.75, 3.05) is 13.2 Å². The van der Waals surface area contributed by atoms with Crippen molar-refractivity contribution < 1.29 is 29.3 Å². The lowest BCUT2D eigenvalue weighted by Crippen LogP contribution is -2.53. The molecule has 1 rings (SSSR count). The molecule has 0 heterocycles. The van der Waals surface area contributed by atoms with E-state index < -0.39 is 42.2 Å². The predicted molar refractivity (Wildman–Crippen MR) is 121 cm³/mol. The van der Waals surface area contributed by atoms with Crippen LogP contribution in [0.25, 0.3) is 0 Å². The van der Waals surface area contributed by atoms with Crippen molar-refractivity contribution in [3.63, 3.8) is 0 Å². The van der Waals surface area contributed by atoms with Gasteiger partial charge in [0.05, 0.1) is 6.61 Å². The van der Waals surface area contributed by atoms with Crippen molar-refractivity contribution in [3.05, 3.63) is 29.8 Å². The van der Waals surface area contributed by atoms with Crippen LogP contribution < -0.4 is 10.6 Å². The quantitative estimate of drug-likeness (QED) is 0.433. The number of aliphatic hydroxyl groups is 1. The first-order valence-corrected chi connectivity index (χ1v) is 10.9. The van der Waals surface area contributed by atoms with Gasteiger partial charge in [-0.05, 0) is 58.7 Å². The molecule has 1 aromatic rings. The number of nitrogens with zero attached hydrogens (tertiary/aromatic N) is 1. The summed E-state index contributed by atoms with van der Waals surface area (Å²) < 4.78 is 5.20. The normalized spacial score (nSPS) is 14.1. The topological polar surface area (TPSA) is 128 Å². The number of phenolic OH excluding ortho intramolecular Hbond substituents is 1. The van der Waals surface area contributed by atoms with E-state index in [9.17, 15) is 24.6 Å². The zero-order chi connectivity index (χ0) is 24.5. The summed E-state index contributed by atoms with van der Waals surface area (Å²) in [6.07, 6.45) is 0.856. The molecule has 180 valence electrons. The molecule has 0 spiro atoms. The number of carbonyl (C=O) groups excluding carboxylic acids is 3. The van der Waals surface area contributed by atoms with E-state index in [2.05, 4.69) is 10.6 Å². The fraction of sp³-hybridized carbons (Fsp3) is 0.609. The van der Waals surface area contributed by atoms with E-state index in [1.54, 1.807) is 32.9 Å². The lowest BCUT2D eigenvalue weighted by atomic mass is 10.0. The Balaban J connectivity index is 3.23. The van der Waals surface area contributed by atoms with Crippen LogP contribution in [0.4, 0.5) is 4.79 Å². The second kappa shape index (κ2) is 12.3. The molecule has 0 aliphatic carbocycles. The molecule has 0 aliphatic rings. The number of nitrogens with one attached hydrogen (secondary N) is 2. The van der Waals surface area contributed by atoms with Crippen LogP contribution in [0.3, 0.4) is 0 Å². The highest BCUT2D eigenvalue weighted by atomic mass is 16.6. The molecule has 0 saturated heterocycles. The number of phenols is 1. The minimum atomic E-state index is -1.11. The molecule has 0 aromatic heterocycles. The Bertz CT molecular complexity index is 777. The van der Waals surface area contributed by atoms with E-state index in [0.717, 1.165) is 12.8 Å². The SMILES string of the molecule is CCCC(C)NC(=O)C(c1cccc(O)c1)N(CCO)C(=O)C(C)NC(=O)OC(C)(C)C. The first-order chi connectivity index (χ1) is 14.9. The molecule has 3 unspecified atom stereocenters. The van der Waals surface area contributed by atoms with Crippen molar-refractivity contribution in [2.24, 2.45) is 0 Å². The average Bonchev–Trinajstić information content (AvgIpc) is 2.65. The highest BCUT2D eigenvalue weighted by Gasteiger charge is 2.35. The summed E-state index contributed by atoms with van der Waals surface area (Å²) in [6, 6.07) is 3.81. The zero-order valence-corrected chi connectivity index (χ0v) is 19.8. The maximum Gasteiger partial charge on any atom is 0.408 e. The molecule has 1 aromatic carbocycles. The number of aromatic hydroxyl groups is 1. The zero-order valence-electron chi connectivity index (χ0n) is 19.8. The van der Waals surface area contributed by atoms with Gasteiger partial charge in [0, 0.05) is 12.6 Å². The van der Waals surface area contributed by atoms with Gasteiger partial charge < -0.3 is 30.5 Å². The highest BCUT2D eigenvalue weighted by Crippen LogP contribution is 2.25. The van der Waals surface area contributed by atoms with E-state index >= 15 is 0 Å². The third-order valence-corrected chi connectivity index (χ3v) is 4.58. The van der Waals surface area contributed by atoms with Crippen molar-refractivity contribution >= 4 is 17.9 Å². The van der Waals surface area contributed by atoms with Crippen molar-refractivity contribution in [2.45, 2.75) is 78.1 Å². The number of hydrogen-bond acceptors (Lipinski definition) is 6. The van der Waals surface area contributed by atoms with Gasteiger partial charge in [-0.15, -0.1) is 0 Å². The van der Waals surface area contributed by atoms with E-state index in [4.69, 9.17) is 4.74 Å². The predicted octanol–water partition coefficient (Wildman–Crippen LogP) is 2.47. The molecule has 9 heteroatoms. The van der Waals surface area contributed by atoms with Crippen molar-refractivity contribution in [3.8, 4) is 5.75 Å². The second-order valence-corrected chi connectivity index (χ2v) is 8.82. The Morgan fingerprint density at radius 2 is 1.81 bits per heavy atom. The van der Waals surface area contributed by atoms with Crippen LogP contribution in [-0.4, -0.2) is 63.9 Å². The number of aliphatic hydroxyl groups excluding tert-OH is 1. The Labute approximate surface area is 190 Å². The molecule has 4 N–H and O–H groups in total. The Kier molecular flexibility index (Phi) is 10.5. The minimum absolute atomic E-state index is 0.0572. The molecule has 0 fully saturated rings. The average molecular weight is 452 g/mol. The fourth-order valence-corrected chi connectivity index (χ4v) is 3.26. The van der Waals surface area contributed by atoms with Gasteiger partial charge in [0.1, 0.15) is 23.4 Å². The summed E-state index contributed by atoms with van der Waals surface area (Å²) in [6.45, 7) is 9.93. The van der Waals surface area contributed by atoms with E-state index in [-0.39, 0.29) is 18.3 Å². The third-order valence-electron chi connectivity index (χ3n) is 4.58. The summed E-state index contributed by atoms with van der Waals surface area (Å²) in [5.74, 6) is -1.07. The minimum Gasteiger partial charge on any atom is -0.508 e. The lowest BCUT2D eigenvalue weighted by molar-refractivity contribution is -0.143. The summed E-state index contributed by atoms with van der Waals surface area (Å²) in [5.41, 5.74) is -0.353. The van der Waals surface area contributed by atoms with Gasteiger partial charge in [0.2, 0.25) is 11.8 Å². The summed E-state index contributed by atoms with van der Waals surface area (Å²) in [4.78, 5) is 39.8. The Hall–Kier alpha value is -2.81. The molecule has 0 aliphatic heterocycles. The maximum absolute atomic E-state index is 13.3. The van der Waals surface area contributed by atoms with Crippen LogP contribution in [0.1, 0.15) is 66.0 Å². The molecule has 0 radical (unpaired) electrons. The molecule has 0 saturated carbocycles. The number of alkyl carbamates (subject to hydrolysis) is 1. The Morgan fingerprint density at radius 1 is 1.16 bits per heavy atom. The van der Waals surface area contributed by atoms with Gasteiger partial charge in [0.15, 0.2) is 0 Å². The summed E-state index contributed by atoms with van der Waals surface area (Å²) >= 11 is 0. The van der Waals surface area contributed by atoms with Crippen LogP contribution in [0, 0.1) is 0 Å². The molecule has 3 amide bonds. The molecular formula is C23H37N3O6. The largest absolute Gasteiger partial charge is 0.508 e. The van der Waals surface area contributed by atoms with Gasteiger partial charge >= 0.3 is 6.09 Å². The highest BCUT2D eigenvalue weighted by molar-refractivity contribution is 5.92. The van der Waals surface area contributed by atoms with Gasteiger partial charge in [-0.25, -0.2) is 4.79 Å². The number of carbonyl (C=O) groups is 3. The van der Waals surface area contributed by atoms with Gasteiger partial charge in [-0.3, -0.25) is 9.59 Å². The van der Waals surface area contributed by atoms with E-state index in [1.807, 2.05) is 13.8 Å². The standard InChI is InChI=1S/C23H37N3O6/c1-7-9-15(2)24-20(29)19(17-10-8-11-18(28)14-17)26(12-13-27)21(30)16(3)25-22(31)32-23(4,5)6/h8,10-11,14-16,19,27-28H,7,9,12-13H2,1-6H3,(H,24,29)(H,25,31). The van der Waals surface area contributed by atoms with Crippen LogP contribution in [0.5, 0.6) is 5.75 Å². The Morgan fingerprint density at radius 3 is 2.34 bits per heavy atom. The van der Waals surface area contributed by atoms with Gasteiger partial charge in [-0.2, -0.15) is 0 Å². The number of amides is 3. The smallest absolute Gasteiger partial charge is 0.408 e. The third kappa shape index (κ3) is 8.74. The van der Waals surface area contributed by atoms with Crippen LogP contribution in [-0.2, 0) is 14.3 Å². The molecule has 9 nitrogen and oxygen atoms in total. The monoisotopic (exact) mass is 451 g/mol. The van der Waals surface area contributed by atoms with E-state index in [0.29, 0.717) is 5.56 Å². The molecule has 3 atom stereocenters. The van der Waals surface area contributed by atoms with Crippen LogP contribution >= 0.6 is 0 Å².